The molecule has 0 heterocycles. The molecule has 0 radical (unpaired) electrons. The molecular weight excluding hydrogens is 290 g/mol. The van der Waals surface area contributed by atoms with Crippen molar-refractivity contribution in [2.24, 2.45) is 11.7 Å². The van der Waals surface area contributed by atoms with E-state index in [1.165, 1.54) is 23.9 Å². The number of amides is 1. The van der Waals surface area contributed by atoms with Crippen molar-refractivity contribution in [3.05, 3.63) is 34.4 Å². The summed E-state index contributed by atoms with van der Waals surface area (Å²) < 4.78 is 0. The van der Waals surface area contributed by atoms with E-state index in [-0.39, 0.29) is 11.6 Å². The smallest absolute Gasteiger partial charge is 0.269 e. The molecule has 0 aliphatic heterocycles. The molecule has 21 heavy (non-hydrogen) atoms. The van der Waals surface area contributed by atoms with Crippen LogP contribution in [0.25, 0.3) is 0 Å². The van der Waals surface area contributed by atoms with Gasteiger partial charge in [0.1, 0.15) is 5.54 Å². The lowest BCUT2D eigenvalue weighted by molar-refractivity contribution is -0.384. The third kappa shape index (κ3) is 3.54. The lowest BCUT2D eigenvalue weighted by atomic mass is 9.94. The van der Waals surface area contributed by atoms with Gasteiger partial charge < -0.3 is 11.1 Å². The Labute approximate surface area is 127 Å². The fraction of sp³-hybridized carbons (Fsp3) is 0.500. The SMILES string of the molecule is CCNC(CSc1ccc([N+](=O)[O-])cc1)(C(N)=O)C1CC1. The predicted octanol–water partition coefficient (Wildman–Crippen LogP) is 1.93. The van der Waals surface area contributed by atoms with Gasteiger partial charge in [-0.15, -0.1) is 11.8 Å². The number of nitro groups is 1. The number of nitrogens with two attached hydrogens (primary N) is 1. The lowest BCUT2D eigenvalue weighted by Crippen LogP contribution is -2.59. The summed E-state index contributed by atoms with van der Waals surface area (Å²) >= 11 is 1.50. The molecule has 1 aliphatic carbocycles. The van der Waals surface area contributed by atoms with Gasteiger partial charge >= 0.3 is 0 Å². The average molecular weight is 309 g/mol. The van der Waals surface area contributed by atoms with Gasteiger partial charge in [0.2, 0.25) is 5.91 Å². The van der Waals surface area contributed by atoms with Crippen LogP contribution < -0.4 is 11.1 Å². The first-order valence-electron chi connectivity index (χ1n) is 6.92. The molecule has 7 heteroatoms. The Morgan fingerprint density at radius 1 is 1.48 bits per heavy atom. The van der Waals surface area contributed by atoms with E-state index in [4.69, 9.17) is 5.73 Å². The molecule has 0 bridgehead atoms. The maximum atomic E-state index is 11.9. The lowest BCUT2D eigenvalue weighted by Gasteiger charge is -2.31. The molecule has 6 nitrogen and oxygen atoms in total. The average Bonchev–Trinajstić information content (AvgIpc) is 3.28. The van der Waals surface area contributed by atoms with Gasteiger partial charge in [0, 0.05) is 22.8 Å². The van der Waals surface area contributed by atoms with Gasteiger partial charge in [0.15, 0.2) is 0 Å². The normalized spacial score (nSPS) is 17.2. The predicted molar refractivity (Wildman–Crippen MR) is 82.1 cm³/mol. The molecule has 1 saturated carbocycles. The van der Waals surface area contributed by atoms with Gasteiger partial charge in [-0.25, -0.2) is 0 Å². The fourth-order valence-corrected chi connectivity index (χ4v) is 3.63. The summed E-state index contributed by atoms with van der Waals surface area (Å²) in [5, 5.41) is 13.9. The number of benzene rings is 1. The molecule has 0 saturated heterocycles. The van der Waals surface area contributed by atoms with Crippen molar-refractivity contribution in [3.63, 3.8) is 0 Å². The number of nitro benzene ring substituents is 1. The minimum Gasteiger partial charge on any atom is -0.368 e. The van der Waals surface area contributed by atoms with Crippen LogP contribution in [0.2, 0.25) is 0 Å². The molecule has 3 N–H and O–H groups in total. The van der Waals surface area contributed by atoms with Crippen LogP contribution in [0.4, 0.5) is 5.69 Å². The topological polar surface area (TPSA) is 98.3 Å². The van der Waals surface area contributed by atoms with E-state index in [1.807, 2.05) is 6.92 Å². The highest BCUT2D eigenvalue weighted by molar-refractivity contribution is 7.99. The van der Waals surface area contributed by atoms with Crippen molar-refractivity contribution in [3.8, 4) is 0 Å². The number of nitrogens with one attached hydrogen (secondary N) is 1. The Morgan fingerprint density at radius 3 is 2.52 bits per heavy atom. The molecule has 1 fully saturated rings. The second-order valence-electron chi connectivity index (χ2n) is 5.18. The van der Waals surface area contributed by atoms with Gasteiger partial charge in [0.25, 0.3) is 5.69 Å². The Balaban J connectivity index is 2.07. The third-order valence-electron chi connectivity index (χ3n) is 3.72. The van der Waals surface area contributed by atoms with E-state index in [2.05, 4.69) is 5.32 Å². The van der Waals surface area contributed by atoms with Crippen molar-refractivity contribution in [2.45, 2.75) is 30.2 Å². The quantitative estimate of drug-likeness (QED) is 0.434. The fourth-order valence-electron chi connectivity index (χ4n) is 2.43. The molecule has 1 aromatic rings. The molecule has 114 valence electrons. The maximum Gasteiger partial charge on any atom is 0.269 e. The Morgan fingerprint density at radius 2 is 2.10 bits per heavy atom. The van der Waals surface area contributed by atoms with Crippen LogP contribution in [0.5, 0.6) is 0 Å². The van der Waals surface area contributed by atoms with Crippen LogP contribution >= 0.6 is 11.8 Å². The number of thioether (sulfide) groups is 1. The highest BCUT2D eigenvalue weighted by Gasteiger charge is 2.49. The van der Waals surface area contributed by atoms with Gasteiger partial charge in [-0.05, 0) is 37.4 Å². The van der Waals surface area contributed by atoms with Crippen LogP contribution in [-0.4, -0.2) is 28.7 Å². The molecule has 0 aromatic heterocycles. The summed E-state index contributed by atoms with van der Waals surface area (Å²) in [5.74, 6) is 0.514. The molecule has 1 aliphatic rings. The van der Waals surface area contributed by atoms with E-state index >= 15 is 0 Å². The van der Waals surface area contributed by atoms with Crippen molar-refractivity contribution in [1.29, 1.82) is 0 Å². The number of hydrogen-bond acceptors (Lipinski definition) is 5. The number of hydrogen-bond donors (Lipinski definition) is 2. The number of likely N-dealkylation sites (N-methyl/N-ethyl adjacent to an activating group) is 1. The Bertz CT molecular complexity index is 531. The number of non-ortho nitro benzene ring substituents is 1. The molecule has 2 rings (SSSR count). The summed E-state index contributed by atoms with van der Waals surface area (Å²) in [6.07, 6.45) is 2.02. The number of carbonyl (C=O) groups excluding carboxylic acids is 1. The molecule has 0 spiro atoms. The number of nitrogens with zero attached hydrogens (tertiary/aromatic N) is 1. The Hall–Kier alpha value is -1.60. The number of primary amides is 1. The molecular formula is C14H19N3O3S. The zero-order chi connectivity index (χ0) is 15.5. The summed E-state index contributed by atoms with van der Waals surface area (Å²) in [7, 11) is 0. The van der Waals surface area contributed by atoms with Crippen LogP contribution in [0.15, 0.2) is 29.2 Å². The highest BCUT2D eigenvalue weighted by atomic mass is 32.2. The van der Waals surface area contributed by atoms with E-state index in [0.29, 0.717) is 18.2 Å². The molecule has 1 atom stereocenters. The van der Waals surface area contributed by atoms with Crippen molar-refractivity contribution < 1.29 is 9.72 Å². The minimum absolute atomic E-state index is 0.0643. The molecule has 1 aromatic carbocycles. The third-order valence-corrected chi connectivity index (χ3v) is 4.93. The minimum atomic E-state index is -0.679. The zero-order valence-electron chi connectivity index (χ0n) is 11.9. The van der Waals surface area contributed by atoms with Gasteiger partial charge in [-0.3, -0.25) is 14.9 Å². The van der Waals surface area contributed by atoms with Gasteiger partial charge in [0.05, 0.1) is 4.92 Å². The highest BCUT2D eigenvalue weighted by Crippen LogP contribution is 2.42. The van der Waals surface area contributed by atoms with E-state index < -0.39 is 10.5 Å². The summed E-state index contributed by atoms with van der Waals surface area (Å²) in [5.41, 5.74) is 5.01. The second kappa shape index (κ2) is 6.44. The largest absolute Gasteiger partial charge is 0.368 e. The Kier molecular flexibility index (Phi) is 4.84. The number of rotatable bonds is 8. The monoisotopic (exact) mass is 309 g/mol. The zero-order valence-corrected chi connectivity index (χ0v) is 12.7. The van der Waals surface area contributed by atoms with Crippen molar-refractivity contribution in [2.75, 3.05) is 12.3 Å². The molecule has 1 amide bonds. The van der Waals surface area contributed by atoms with Crippen LogP contribution in [0.1, 0.15) is 19.8 Å². The van der Waals surface area contributed by atoms with Crippen LogP contribution in [-0.2, 0) is 4.79 Å². The first-order valence-corrected chi connectivity index (χ1v) is 7.90. The van der Waals surface area contributed by atoms with Gasteiger partial charge in [-0.1, -0.05) is 6.92 Å². The van der Waals surface area contributed by atoms with Crippen LogP contribution in [0, 0.1) is 16.0 Å². The van der Waals surface area contributed by atoms with Crippen LogP contribution in [0.3, 0.4) is 0 Å². The number of carbonyl (C=O) groups is 1. The molecule has 1 unspecified atom stereocenters. The first-order chi connectivity index (χ1) is 9.99. The maximum absolute atomic E-state index is 11.9. The van der Waals surface area contributed by atoms with E-state index in [9.17, 15) is 14.9 Å². The van der Waals surface area contributed by atoms with Crippen molar-refractivity contribution >= 4 is 23.4 Å². The van der Waals surface area contributed by atoms with E-state index in [0.717, 1.165) is 17.7 Å². The summed E-state index contributed by atoms with van der Waals surface area (Å²) in [6.45, 7) is 2.64. The first kappa shape index (κ1) is 15.8. The standard InChI is InChI=1S/C14H19N3O3S/c1-2-16-14(13(15)18,10-3-4-10)9-21-12-7-5-11(6-8-12)17(19)20/h5-8,10,16H,2-4,9H2,1H3,(H2,15,18). The summed E-state index contributed by atoms with van der Waals surface area (Å²) in [4.78, 5) is 23.0. The van der Waals surface area contributed by atoms with Crippen molar-refractivity contribution in [1.82, 2.24) is 5.32 Å². The summed E-state index contributed by atoms with van der Waals surface area (Å²) in [6, 6.07) is 6.35. The van der Waals surface area contributed by atoms with Gasteiger partial charge in [-0.2, -0.15) is 0 Å². The van der Waals surface area contributed by atoms with E-state index in [1.54, 1.807) is 12.1 Å². The second-order valence-corrected chi connectivity index (χ2v) is 6.23.